The van der Waals surface area contributed by atoms with Gasteiger partial charge in [-0.3, -0.25) is 19.0 Å². The first kappa shape index (κ1) is 18.3. The summed E-state index contributed by atoms with van der Waals surface area (Å²) < 4.78 is 12.1. The first-order chi connectivity index (χ1) is 12.6. The number of carbonyl (C=O) groups is 2. The van der Waals surface area contributed by atoms with E-state index in [9.17, 15) is 14.4 Å². The number of nitrogens with zero attached hydrogens (tertiary/aromatic N) is 2. The molecule has 0 aliphatic carbocycles. The van der Waals surface area contributed by atoms with Crippen LogP contribution in [0, 0.1) is 6.92 Å². The van der Waals surface area contributed by atoms with E-state index >= 15 is 0 Å². The molecule has 1 fully saturated rings. The van der Waals surface area contributed by atoms with Crippen LogP contribution in [-0.4, -0.2) is 47.6 Å². The van der Waals surface area contributed by atoms with E-state index in [4.69, 9.17) is 9.47 Å². The van der Waals surface area contributed by atoms with Gasteiger partial charge >= 0.3 is 10.8 Å². The van der Waals surface area contributed by atoms with Crippen LogP contribution in [0.25, 0.3) is 0 Å². The molecule has 1 aromatic heterocycles. The Labute approximate surface area is 154 Å². The summed E-state index contributed by atoms with van der Waals surface area (Å²) in [4.78, 5) is 38.5. The van der Waals surface area contributed by atoms with Crippen molar-refractivity contribution in [2.45, 2.75) is 19.6 Å². The molecule has 0 unspecified atom stereocenters. The van der Waals surface area contributed by atoms with E-state index in [0.29, 0.717) is 37.6 Å². The molecule has 3 rings (SSSR count). The quantitative estimate of drug-likeness (QED) is 0.737. The number of carbonyl (C=O) groups excluding carboxylic acids is 2. The monoisotopic (exact) mass is 376 g/mol. The standard InChI is InChI=1S/C18H20N2O5S/c1-13-12-26-18(23)20(13)11-15(21)25-16(14-5-3-2-4-6-14)17(22)19-7-9-24-10-8-19/h2-6,12,16H,7-11H2,1H3/t16-/m0/s1. The fourth-order valence-electron chi connectivity index (χ4n) is 2.73. The minimum absolute atomic E-state index is 0.214. The normalized spacial score (nSPS) is 15.5. The van der Waals surface area contributed by atoms with Gasteiger partial charge in [0.05, 0.1) is 13.2 Å². The maximum absolute atomic E-state index is 12.9. The highest BCUT2D eigenvalue weighted by molar-refractivity contribution is 7.07. The van der Waals surface area contributed by atoms with Gasteiger partial charge in [-0.05, 0) is 6.92 Å². The topological polar surface area (TPSA) is 77.8 Å². The van der Waals surface area contributed by atoms with Gasteiger partial charge in [-0.1, -0.05) is 41.7 Å². The molecule has 0 spiro atoms. The smallest absolute Gasteiger partial charge is 0.327 e. The molecule has 2 aromatic rings. The predicted molar refractivity (Wildman–Crippen MR) is 96.0 cm³/mol. The van der Waals surface area contributed by atoms with Crippen molar-refractivity contribution in [3.63, 3.8) is 0 Å². The van der Waals surface area contributed by atoms with Gasteiger partial charge in [-0.25, -0.2) is 0 Å². The zero-order valence-corrected chi connectivity index (χ0v) is 15.2. The highest BCUT2D eigenvalue weighted by Gasteiger charge is 2.30. The number of ether oxygens (including phenoxy) is 2. The maximum Gasteiger partial charge on any atom is 0.327 e. The van der Waals surface area contributed by atoms with E-state index < -0.39 is 12.1 Å². The molecule has 0 bridgehead atoms. The lowest BCUT2D eigenvalue weighted by atomic mass is 10.1. The van der Waals surface area contributed by atoms with Gasteiger partial charge in [0.1, 0.15) is 6.54 Å². The summed E-state index contributed by atoms with van der Waals surface area (Å²) >= 11 is 1.03. The van der Waals surface area contributed by atoms with Gasteiger partial charge in [0.25, 0.3) is 5.91 Å². The first-order valence-electron chi connectivity index (χ1n) is 8.32. The molecule has 8 heteroatoms. The SMILES string of the molecule is Cc1csc(=O)n1CC(=O)O[C@H](C(=O)N1CCOCC1)c1ccccc1. The summed E-state index contributed by atoms with van der Waals surface area (Å²) in [5, 5.41) is 1.68. The molecule has 1 saturated heterocycles. The Kier molecular flexibility index (Phi) is 5.85. The summed E-state index contributed by atoms with van der Waals surface area (Å²) in [6.07, 6.45) is -1.03. The first-order valence-corrected chi connectivity index (χ1v) is 9.20. The third-order valence-electron chi connectivity index (χ3n) is 4.16. The zero-order chi connectivity index (χ0) is 18.5. The van der Waals surface area contributed by atoms with E-state index in [2.05, 4.69) is 0 Å². The Bertz CT molecular complexity index is 824. The molecule has 7 nitrogen and oxygen atoms in total. The van der Waals surface area contributed by atoms with Crippen molar-refractivity contribution >= 4 is 23.2 Å². The van der Waals surface area contributed by atoms with Crippen LogP contribution in [0.4, 0.5) is 0 Å². The maximum atomic E-state index is 12.9. The molecule has 2 heterocycles. The summed E-state index contributed by atoms with van der Waals surface area (Å²) in [6, 6.07) is 8.90. The Morgan fingerprint density at radius 1 is 1.23 bits per heavy atom. The molecule has 138 valence electrons. The lowest BCUT2D eigenvalue weighted by Crippen LogP contribution is -2.44. The average Bonchev–Trinajstić information content (AvgIpc) is 2.99. The molecule has 0 N–H and O–H groups in total. The van der Waals surface area contributed by atoms with Crippen LogP contribution in [0.5, 0.6) is 0 Å². The Morgan fingerprint density at radius 2 is 1.92 bits per heavy atom. The third kappa shape index (κ3) is 4.20. The highest BCUT2D eigenvalue weighted by Crippen LogP contribution is 2.21. The van der Waals surface area contributed by atoms with Crippen molar-refractivity contribution in [3.8, 4) is 0 Å². The number of esters is 1. The van der Waals surface area contributed by atoms with E-state index in [1.54, 1.807) is 41.5 Å². The Hall–Kier alpha value is -2.45. The van der Waals surface area contributed by atoms with Crippen LogP contribution < -0.4 is 4.87 Å². The largest absolute Gasteiger partial charge is 0.446 e. The summed E-state index contributed by atoms with van der Waals surface area (Å²) in [5.74, 6) is -0.897. The number of aromatic nitrogens is 1. The number of benzene rings is 1. The van der Waals surface area contributed by atoms with Crippen LogP contribution in [-0.2, 0) is 25.6 Å². The van der Waals surface area contributed by atoms with E-state index in [-0.39, 0.29) is 17.3 Å². The predicted octanol–water partition coefficient (Wildman–Crippen LogP) is 1.36. The fourth-order valence-corrected chi connectivity index (χ4v) is 3.47. The van der Waals surface area contributed by atoms with Crippen LogP contribution in [0.15, 0.2) is 40.5 Å². The van der Waals surface area contributed by atoms with Crippen molar-refractivity contribution in [1.29, 1.82) is 0 Å². The minimum Gasteiger partial charge on any atom is -0.446 e. The highest BCUT2D eigenvalue weighted by atomic mass is 32.1. The number of hydrogen-bond acceptors (Lipinski definition) is 6. The summed E-state index contributed by atoms with van der Waals surface area (Å²) in [6.45, 7) is 3.38. The minimum atomic E-state index is -1.03. The second kappa shape index (κ2) is 8.29. The lowest BCUT2D eigenvalue weighted by molar-refractivity contribution is -0.163. The molecule has 0 saturated carbocycles. The van der Waals surface area contributed by atoms with Gasteiger partial charge < -0.3 is 14.4 Å². The molecular weight excluding hydrogens is 356 g/mol. The third-order valence-corrected chi connectivity index (χ3v) is 5.04. The second-order valence-electron chi connectivity index (χ2n) is 5.95. The van der Waals surface area contributed by atoms with E-state index in [1.165, 1.54) is 4.57 Å². The van der Waals surface area contributed by atoms with Crippen molar-refractivity contribution in [1.82, 2.24) is 9.47 Å². The van der Waals surface area contributed by atoms with Crippen LogP contribution >= 0.6 is 11.3 Å². The van der Waals surface area contributed by atoms with Crippen molar-refractivity contribution < 1.29 is 19.1 Å². The molecule has 1 amide bonds. The number of thiazole rings is 1. The summed E-state index contributed by atoms with van der Waals surface area (Å²) in [7, 11) is 0. The number of morpholine rings is 1. The summed E-state index contributed by atoms with van der Waals surface area (Å²) in [5.41, 5.74) is 1.29. The van der Waals surface area contributed by atoms with Gasteiger partial charge in [-0.15, -0.1) is 0 Å². The molecule has 26 heavy (non-hydrogen) atoms. The van der Waals surface area contributed by atoms with Gasteiger partial charge in [-0.2, -0.15) is 0 Å². The number of hydrogen-bond donors (Lipinski definition) is 0. The molecule has 0 radical (unpaired) electrons. The van der Waals surface area contributed by atoms with Crippen LogP contribution in [0.2, 0.25) is 0 Å². The molecule has 1 atom stereocenters. The van der Waals surface area contributed by atoms with Gasteiger partial charge in [0, 0.05) is 29.7 Å². The molecule has 1 aliphatic heterocycles. The Morgan fingerprint density at radius 3 is 2.54 bits per heavy atom. The lowest BCUT2D eigenvalue weighted by Gasteiger charge is -2.30. The average molecular weight is 376 g/mol. The van der Waals surface area contributed by atoms with Crippen molar-refractivity contribution in [2.24, 2.45) is 0 Å². The number of rotatable bonds is 5. The molecular formula is C18H20N2O5S. The Balaban J connectivity index is 1.78. The number of amides is 1. The zero-order valence-electron chi connectivity index (χ0n) is 14.4. The van der Waals surface area contributed by atoms with Crippen molar-refractivity contribution in [3.05, 3.63) is 56.6 Å². The fraction of sp³-hybridized carbons (Fsp3) is 0.389. The molecule has 1 aromatic carbocycles. The molecule has 1 aliphatic rings. The van der Waals surface area contributed by atoms with E-state index in [0.717, 1.165) is 11.3 Å². The van der Waals surface area contributed by atoms with E-state index in [1.807, 2.05) is 6.07 Å². The van der Waals surface area contributed by atoms with Crippen LogP contribution in [0.1, 0.15) is 17.4 Å². The van der Waals surface area contributed by atoms with Crippen LogP contribution in [0.3, 0.4) is 0 Å². The van der Waals surface area contributed by atoms with Gasteiger partial charge in [0.2, 0.25) is 6.10 Å². The van der Waals surface area contributed by atoms with Gasteiger partial charge in [0.15, 0.2) is 0 Å². The van der Waals surface area contributed by atoms with Crippen molar-refractivity contribution in [2.75, 3.05) is 26.3 Å². The second-order valence-corrected chi connectivity index (χ2v) is 6.77. The number of aryl methyl sites for hydroxylation is 1.